The minimum atomic E-state index is -0.898. The zero-order valence-electron chi connectivity index (χ0n) is 20.0. The largest absolute Gasteiger partial charge is 0.351 e. The van der Waals surface area contributed by atoms with E-state index in [4.69, 9.17) is 0 Å². The second kappa shape index (κ2) is 11.3. The third kappa shape index (κ3) is 5.95. The van der Waals surface area contributed by atoms with Crippen LogP contribution in [0.25, 0.3) is 0 Å². The fraction of sp³-hybridized carbons (Fsp3) is 0.333. The van der Waals surface area contributed by atoms with E-state index >= 15 is 0 Å². The zero-order valence-corrected chi connectivity index (χ0v) is 20.8. The van der Waals surface area contributed by atoms with Gasteiger partial charge in [-0.2, -0.15) is 0 Å². The number of hydrogen-bond donors (Lipinski definition) is 2. The Morgan fingerprint density at radius 2 is 1.83 bits per heavy atom. The van der Waals surface area contributed by atoms with E-state index in [2.05, 4.69) is 15.6 Å². The molecule has 1 aromatic carbocycles. The van der Waals surface area contributed by atoms with Gasteiger partial charge in [0.1, 0.15) is 6.04 Å². The van der Waals surface area contributed by atoms with E-state index in [-0.39, 0.29) is 30.3 Å². The Hall–Kier alpha value is -3.52. The molecule has 1 aliphatic carbocycles. The molecule has 35 heavy (non-hydrogen) atoms. The number of carbonyl (C=O) groups is 3. The number of hydrogen-bond acceptors (Lipinski definition) is 5. The average molecular weight is 491 g/mol. The number of carbonyl (C=O) groups excluding carboxylic acids is 3. The molecule has 4 rings (SSSR count). The number of aromatic nitrogens is 1. The molecule has 2 heterocycles. The lowest BCUT2D eigenvalue weighted by Crippen LogP contribution is -2.49. The molecule has 7 nitrogen and oxygen atoms in total. The number of aryl methyl sites for hydroxylation is 2. The van der Waals surface area contributed by atoms with Crippen LogP contribution >= 0.6 is 11.3 Å². The monoisotopic (exact) mass is 490 g/mol. The molecular formula is C27H30N4O3S. The Labute approximate surface area is 209 Å². The molecule has 1 atom stereocenters. The van der Waals surface area contributed by atoms with Crippen LogP contribution in [0.15, 0.2) is 60.2 Å². The number of pyridine rings is 1. The summed E-state index contributed by atoms with van der Waals surface area (Å²) >= 11 is 1.31. The van der Waals surface area contributed by atoms with Crippen LogP contribution in [0.3, 0.4) is 0 Å². The van der Waals surface area contributed by atoms with Gasteiger partial charge in [-0.1, -0.05) is 31.0 Å². The summed E-state index contributed by atoms with van der Waals surface area (Å²) < 4.78 is 0. The van der Waals surface area contributed by atoms with Crippen LogP contribution in [0.4, 0.5) is 5.69 Å². The summed E-state index contributed by atoms with van der Waals surface area (Å²) in [7, 11) is 0. The summed E-state index contributed by atoms with van der Waals surface area (Å²) in [5.74, 6) is -0.918. The quantitative estimate of drug-likeness (QED) is 0.492. The Morgan fingerprint density at radius 1 is 1.09 bits per heavy atom. The molecule has 3 amide bonds. The molecule has 2 N–H and O–H groups in total. The number of thiophene rings is 1. The first kappa shape index (κ1) is 24.6. The Balaban J connectivity index is 1.70. The maximum absolute atomic E-state index is 13.8. The maximum Gasteiger partial charge on any atom is 0.261 e. The highest BCUT2D eigenvalue weighted by atomic mass is 32.1. The van der Waals surface area contributed by atoms with E-state index in [0.29, 0.717) is 16.1 Å². The van der Waals surface area contributed by atoms with Gasteiger partial charge in [-0.15, -0.1) is 11.3 Å². The first-order valence-electron chi connectivity index (χ1n) is 11.9. The molecule has 8 heteroatoms. The Morgan fingerprint density at radius 3 is 2.51 bits per heavy atom. The van der Waals surface area contributed by atoms with Crippen LogP contribution in [0.2, 0.25) is 0 Å². The molecule has 1 unspecified atom stereocenters. The predicted octanol–water partition coefficient (Wildman–Crippen LogP) is 4.32. The zero-order chi connectivity index (χ0) is 24.8. The maximum atomic E-state index is 13.8. The first-order valence-corrected chi connectivity index (χ1v) is 12.7. The van der Waals surface area contributed by atoms with Gasteiger partial charge < -0.3 is 10.6 Å². The van der Waals surface area contributed by atoms with Crippen molar-refractivity contribution in [2.24, 2.45) is 0 Å². The van der Waals surface area contributed by atoms with Crippen molar-refractivity contribution in [1.29, 1.82) is 0 Å². The smallest absolute Gasteiger partial charge is 0.261 e. The topological polar surface area (TPSA) is 91.4 Å². The van der Waals surface area contributed by atoms with Gasteiger partial charge in [0.25, 0.3) is 5.91 Å². The first-order chi connectivity index (χ1) is 16.9. The molecule has 1 saturated carbocycles. The fourth-order valence-corrected chi connectivity index (χ4v) is 5.09. The number of nitrogens with one attached hydrogen (secondary N) is 2. The molecular weight excluding hydrogens is 460 g/mol. The lowest BCUT2D eigenvalue weighted by atomic mass is 10.0. The molecule has 1 aliphatic rings. The highest BCUT2D eigenvalue weighted by Gasteiger charge is 2.35. The SMILES string of the molecule is Cc1ccc(C)c(N(C(=O)CNC(=O)c2cccs2)C(C(=O)NC2CCCC2)c2ccncc2)c1. The number of anilines is 1. The highest BCUT2D eigenvalue weighted by molar-refractivity contribution is 7.12. The molecule has 2 aromatic heterocycles. The van der Waals surface area contributed by atoms with Crippen LogP contribution in [0, 0.1) is 13.8 Å². The molecule has 182 valence electrons. The van der Waals surface area contributed by atoms with E-state index in [1.54, 1.807) is 36.7 Å². The summed E-state index contributed by atoms with van der Waals surface area (Å²) in [5.41, 5.74) is 3.13. The third-order valence-corrected chi connectivity index (χ3v) is 7.14. The molecule has 0 bridgehead atoms. The number of rotatable bonds is 8. The molecule has 0 radical (unpaired) electrons. The summed E-state index contributed by atoms with van der Waals surface area (Å²) in [5, 5.41) is 7.70. The van der Waals surface area contributed by atoms with Crippen molar-refractivity contribution >= 4 is 34.7 Å². The second-order valence-electron chi connectivity index (χ2n) is 8.89. The van der Waals surface area contributed by atoms with Gasteiger partial charge in [0.15, 0.2) is 0 Å². The number of nitrogens with zero attached hydrogens (tertiary/aromatic N) is 2. The molecule has 3 aromatic rings. The van der Waals surface area contributed by atoms with Crippen molar-refractivity contribution in [3.63, 3.8) is 0 Å². The highest BCUT2D eigenvalue weighted by Crippen LogP contribution is 2.32. The minimum absolute atomic E-state index is 0.0981. The normalized spacial score (nSPS) is 14.3. The van der Waals surface area contributed by atoms with Gasteiger partial charge in [0.2, 0.25) is 11.8 Å². The van der Waals surface area contributed by atoms with Crippen molar-refractivity contribution in [3.05, 3.63) is 81.8 Å². The van der Waals surface area contributed by atoms with Gasteiger partial charge in [0.05, 0.1) is 11.4 Å². The lowest BCUT2D eigenvalue weighted by Gasteiger charge is -2.33. The number of benzene rings is 1. The van der Waals surface area contributed by atoms with E-state index in [1.165, 1.54) is 16.2 Å². The van der Waals surface area contributed by atoms with E-state index < -0.39 is 6.04 Å². The molecule has 0 saturated heterocycles. The van der Waals surface area contributed by atoms with Crippen LogP contribution in [0.1, 0.15) is 58.1 Å². The van der Waals surface area contributed by atoms with Crippen LogP contribution in [-0.4, -0.2) is 35.3 Å². The molecule has 1 fully saturated rings. The Bertz CT molecular complexity index is 1170. The van der Waals surface area contributed by atoms with Crippen molar-refractivity contribution in [1.82, 2.24) is 15.6 Å². The van der Waals surface area contributed by atoms with Crippen molar-refractivity contribution in [2.75, 3.05) is 11.4 Å². The van der Waals surface area contributed by atoms with Gasteiger partial charge in [-0.05, 0) is 73.0 Å². The molecule has 0 aliphatic heterocycles. The Kier molecular flexibility index (Phi) is 7.92. The number of amides is 3. The van der Waals surface area contributed by atoms with E-state index in [1.807, 2.05) is 37.4 Å². The average Bonchev–Trinajstić information content (AvgIpc) is 3.57. The van der Waals surface area contributed by atoms with Gasteiger partial charge in [-0.3, -0.25) is 24.3 Å². The summed E-state index contributed by atoms with van der Waals surface area (Å²) in [6.07, 6.45) is 7.27. The van der Waals surface area contributed by atoms with Gasteiger partial charge in [-0.25, -0.2) is 0 Å². The van der Waals surface area contributed by atoms with Crippen molar-refractivity contribution in [2.45, 2.75) is 51.6 Å². The minimum Gasteiger partial charge on any atom is -0.351 e. The summed E-state index contributed by atoms with van der Waals surface area (Å²) in [6, 6.07) is 12.0. The lowest BCUT2D eigenvalue weighted by molar-refractivity contribution is -0.126. The van der Waals surface area contributed by atoms with Crippen LogP contribution in [-0.2, 0) is 9.59 Å². The molecule has 0 spiro atoms. The third-order valence-electron chi connectivity index (χ3n) is 6.27. The fourth-order valence-electron chi connectivity index (χ4n) is 4.45. The summed E-state index contributed by atoms with van der Waals surface area (Å²) in [6.45, 7) is 3.63. The van der Waals surface area contributed by atoms with Crippen molar-refractivity contribution in [3.8, 4) is 0 Å². The summed E-state index contributed by atoms with van der Waals surface area (Å²) in [4.78, 5) is 46.2. The van der Waals surface area contributed by atoms with Gasteiger partial charge in [0, 0.05) is 24.1 Å². The standard InChI is InChI=1S/C27H30N4O3S/c1-18-9-10-19(2)22(16-18)31(24(32)17-29-26(33)23-8-5-15-35-23)25(20-11-13-28-14-12-20)27(34)30-21-6-3-4-7-21/h5,8-16,21,25H,3-4,6-7,17H2,1-2H3,(H,29,33)(H,30,34). The van der Waals surface area contributed by atoms with Crippen LogP contribution in [0.5, 0.6) is 0 Å². The van der Waals surface area contributed by atoms with E-state index in [9.17, 15) is 14.4 Å². The van der Waals surface area contributed by atoms with E-state index in [0.717, 1.165) is 36.8 Å². The van der Waals surface area contributed by atoms with Crippen molar-refractivity contribution < 1.29 is 14.4 Å². The second-order valence-corrected chi connectivity index (χ2v) is 9.83. The predicted molar refractivity (Wildman–Crippen MR) is 137 cm³/mol. The van der Waals surface area contributed by atoms with Crippen LogP contribution < -0.4 is 15.5 Å². The van der Waals surface area contributed by atoms with Gasteiger partial charge >= 0.3 is 0 Å².